The maximum Gasteiger partial charge on any atom is 0.417 e. The monoisotopic (exact) mass is 604 g/mol. The molecule has 0 amide bonds. The largest absolute Gasteiger partial charge is 0.417 e. The van der Waals surface area contributed by atoms with Crippen LogP contribution in [0.15, 0.2) is 51.7 Å². The number of pyridine rings is 1. The number of fused-ring (bicyclic) bond motifs is 2. The Balaban J connectivity index is 1.32. The van der Waals surface area contributed by atoms with Gasteiger partial charge < -0.3 is 14.2 Å². The minimum atomic E-state index is -4.44. The molecule has 0 unspecified atom stereocenters. The van der Waals surface area contributed by atoms with Gasteiger partial charge in [-0.1, -0.05) is 25.5 Å². The molecule has 9 heteroatoms. The first-order valence-corrected chi connectivity index (χ1v) is 15.7. The van der Waals surface area contributed by atoms with Crippen LogP contribution in [0.5, 0.6) is 0 Å². The van der Waals surface area contributed by atoms with Crippen molar-refractivity contribution in [2.75, 3.05) is 22.9 Å². The molecule has 6 nitrogen and oxygen atoms in total. The summed E-state index contributed by atoms with van der Waals surface area (Å²) in [6, 6.07) is 12.0. The van der Waals surface area contributed by atoms with Crippen LogP contribution in [-0.2, 0) is 31.1 Å². The number of nitrogens with one attached hydrogen (secondary N) is 1. The molecule has 0 saturated heterocycles. The summed E-state index contributed by atoms with van der Waals surface area (Å²) in [7, 11) is 0. The molecule has 0 spiro atoms. The summed E-state index contributed by atoms with van der Waals surface area (Å²) >= 11 is 0. The van der Waals surface area contributed by atoms with Crippen molar-refractivity contribution in [3.8, 4) is 0 Å². The first-order valence-electron chi connectivity index (χ1n) is 15.7. The summed E-state index contributed by atoms with van der Waals surface area (Å²) in [5.74, 6) is 1.85. The van der Waals surface area contributed by atoms with Gasteiger partial charge in [0.1, 0.15) is 5.82 Å². The summed E-state index contributed by atoms with van der Waals surface area (Å²) in [5, 5.41) is 0. The number of aromatic nitrogens is 2. The van der Waals surface area contributed by atoms with E-state index in [0.717, 1.165) is 43.0 Å². The molecule has 3 aliphatic carbocycles. The third-order valence-electron chi connectivity index (χ3n) is 9.44. The molecule has 3 aliphatic rings. The van der Waals surface area contributed by atoms with Crippen LogP contribution in [0.3, 0.4) is 0 Å². The fourth-order valence-corrected chi connectivity index (χ4v) is 6.71. The number of alkyl halides is 3. The lowest BCUT2D eigenvalue weighted by molar-refractivity contribution is -0.137. The quantitative estimate of drug-likeness (QED) is 0.199. The number of aromatic amines is 1. The number of benzene rings is 2. The average molecular weight is 605 g/mol. The van der Waals surface area contributed by atoms with E-state index in [1.165, 1.54) is 49.1 Å². The molecule has 2 aromatic carbocycles. The molecular weight excluding hydrogens is 565 g/mol. The fourth-order valence-electron chi connectivity index (χ4n) is 6.71. The molecule has 4 aromatic rings. The van der Waals surface area contributed by atoms with Crippen molar-refractivity contribution in [3.05, 3.63) is 86.5 Å². The molecular formula is C35H39F3N4O2. The summed E-state index contributed by atoms with van der Waals surface area (Å²) in [6.07, 6.45) is 2.55. The molecule has 232 valence electrons. The second-order valence-corrected chi connectivity index (χ2v) is 13.9. The predicted octanol–water partition coefficient (Wildman–Crippen LogP) is 7.90. The van der Waals surface area contributed by atoms with Gasteiger partial charge in [0.15, 0.2) is 5.58 Å². The van der Waals surface area contributed by atoms with Gasteiger partial charge in [0, 0.05) is 48.9 Å². The van der Waals surface area contributed by atoms with Crippen LogP contribution in [0, 0.1) is 18.8 Å². The number of aryl methyl sites for hydroxylation is 2. The maximum absolute atomic E-state index is 13.8. The second-order valence-electron chi connectivity index (χ2n) is 13.9. The molecule has 2 aromatic heterocycles. The topological polar surface area (TPSA) is 65.4 Å². The Bertz CT molecular complexity index is 1750. The number of hydrogen-bond donors (Lipinski definition) is 1. The highest BCUT2D eigenvalue weighted by Gasteiger charge is 2.36. The number of halogens is 3. The minimum Gasteiger partial charge on any atom is -0.408 e. The third-order valence-corrected chi connectivity index (χ3v) is 9.44. The molecule has 7 rings (SSSR count). The lowest BCUT2D eigenvalue weighted by Crippen LogP contribution is -2.32. The molecule has 0 radical (unpaired) electrons. The van der Waals surface area contributed by atoms with Crippen LogP contribution < -0.4 is 15.6 Å². The van der Waals surface area contributed by atoms with Gasteiger partial charge in [0.2, 0.25) is 0 Å². The Kier molecular flexibility index (Phi) is 7.05. The molecule has 0 aliphatic heterocycles. The van der Waals surface area contributed by atoms with Crippen LogP contribution in [0.4, 0.5) is 24.7 Å². The van der Waals surface area contributed by atoms with Gasteiger partial charge in [-0.05, 0) is 98.7 Å². The van der Waals surface area contributed by atoms with Crippen LogP contribution >= 0.6 is 0 Å². The molecule has 2 fully saturated rings. The van der Waals surface area contributed by atoms with E-state index in [9.17, 15) is 18.0 Å². The number of nitrogens with zero attached hydrogens (tertiary/aromatic N) is 3. The zero-order valence-electron chi connectivity index (χ0n) is 25.6. The van der Waals surface area contributed by atoms with Crippen LogP contribution in [0.1, 0.15) is 79.5 Å². The molecule has 1 N–H and O–H groups in total. The van der Waals surface area contributed by atoms with Gasteiger partial charge in [-0.3, -0.25) is 4.98 Å². The summed E-state index contributed by atoms with van der Waals surface area (Å²) in [5.41, 5.74) is 5.74. The van der Waals surface area contributed by atoms with Crippen molar-refractivity contribution in [1.29, 1.82) is 0 Å². The van der Waals surface area contributed by atoms with E-state index >= 15 is 0 Å². The third kappa shape index (κ3) is 6.10. The van der Waals surface area contributed by atoms with Crippen molar-refractivity contribution < 1.29 is 17.6 Å². The summed E-state index contributed by atoms with van der Waals surface area (Å²) in [4.78, 5) is 24.6. The van der Waals surface area contributed by atoms with E-state index in [2.05, 4.69) is 34.7 Å². The fraction of sp³-hybridized carbons (Fsp3) is 0.486. The van der Waals surface area contributed by atoms with Crippen molar-refractivity contribution in [3.63, 3.8) is 0 Å². The highest BCUT2D eigenvalue weighted by atomic mass is 19.4. The maximum atomic E-state index is 13.8. The van der Waals surface area contributed by atoms with Crippen LogP contribution in [0.2, 0.25) is 0 Å². The normalized spacial score (nSPS) is 17.7. The van der Waals surface area contributed by atoms with Gasteiger partial charge in [0.05, 0.1) is 16.8 Å². The molecule has 44 heavy (non-hydrogen) atoms. The summed E-state index contributed by atoms with van der Waals surface area (Å²) in [6.45, 7) is 8.91. The number of H-pyrrole nitrogens is 1. The average Bonchev–Trinajstić information content (AvgIpc) is 3.88. The first kappa shape index (κ1) is 29.0. The van der Waals surface area contributed by atoms with E-state index < -0.39 is 17.5 Å². The van der Waals surface area contributed by atoms with E-state index in [1.807, 2.05) is 12.1 Å². The lowest BCUT2D eigenvalue weighted by Gasteiger charge is -2.32. The standard InChI is InChI=1S/C35H39F3N4O2/c1-21-12-24(14-27(13-21)35(36,37)38)19-41(28-8-9-29-30(16-28)44-33(43)39-29)20-26-15-25-10-11-34(2,3)31(25)40-32(26)42(17-22-4-5-22)18-23-6-7-23/h8-9,12-16,22-23H,4-7,10-11,17-20H2,1-3H3,(H,39,43). The van der Waals surface area contributed by atoms with Gasteiger partial charge in [-0.2, -0.15) is 13.2 Å². The van der Waals surface area contributed by atoms with Crippen molar-refractivity contribution in [1.82, 2.24) is 9.97 Å². The summed E-state index contributed by atoms with van der Waals surface area (Å²) < 4.78 is 46.8. The highest BCUT2D eigenvalue weighted by molar-refractivity contribution is 5.77. The van der Waals surface area contributed by atoms with E-state index in [1.54, 1.807) is 19.1 Å². The highest BCUT2D eigenvalue weighted by Crippen LogP contribution is 2.42. The molecule has 2 heterocycles. The zero-order chi connectivity index (χ0) is 30.8. The van der Waals surface area contributed by atoms with Gasteiger partial charge in [-0.25, -0.2) is 9.78 Å². The van der Waals surface area contributed by atoms with Gasteiger partial charge in [0.25, 0.3) is 0 Å². The van der Waals surface area contributed by atoms with Crippen LogP contribution in [-0.4, -0.2) is 23.1 Å². The molecule has 2 saturated carbocycles. The van der Waals surface area contributed by atoms with E-state index in [0.29, 0.717) is 40.6 Å². The van der Waals surface area contributed by atoms with Crippen LogP contribution in [0.25, 0.3) is 11.1 Å². The Morgan fingerprint density at radius 3 is 2.39 bits per heavy atom. The minimum absolute atomic E-state index is 0.000443. The van der Waals surface area contributed by atoms with Crippen molar-refractivity contribution >= 4 is 22.6 Å². The number of oxazole rings is 1. The van der Waals surface area contributed by atoms with Crippen molar-refractivity contribution in [2.24, 2.45) is 11.8 Å². The first-order chi connectivity index (χ1) is 20.9. The Morgan fingerprint density at radius 1 is 0.977 bits per heavy atom. The van der Waals surface area contributed by atoms with Crippen molar-refractivity contribution in [2.45, 2.75) is 84.0 Å². The number of hydrogen-bond acceptors (Lipinski definition) is 5. The lowest BCUT2D eigenvalue weighted by atomic mass is 9.90. The molecule has 0 bridgehead atoms. The van der Waals surface area contributed by atoms with E-state index in [4.69, 9.17) is 9.40 Å². The predicted molar refractivity (Wildman–Crippen MR) is 166 cm³/mol. The Morgan fingerprint density at radius 2 is 1.70 bits per heavy atom. The number of anilines is 2. The van der Waals surface area contributed by atoms with Gasteiger partial charge >= 0.3 is 11.9 Å². The molecule has 0 atom stereocenters. The number of rotatable bonds is 10. The van der Waals surface area contributed by atoms with Gasteiger partial charge in [-0.15, -0.1) is 0 Å². The second kappa shape index (κ2) is 10.7. The zero-order valence-corrected chi connectivity index (χ0v) is 25.6. The Hall–Kier alpha value is -3.75. The van der Waals surface area contributed by atoms with E-state index in [-0.39, 0.29) is 12.0 Å². The Labute approximate surface area is 255 Å². The SMILES string of the molecule is Cc1cc(CN(Cc2cc3c(nc2N(CC2CC2)CC2CC2)C(C)(C)CC3)c2ccc3[nH]c(=O)oc3c2)cc(C(F)(F)F)c1. The smallest absolute Gasteiger partial charge is 0.408 e.